The number of rotatable bonds is 1. The molecule has 0 spiro atoms. The van der Waals surface area contributed by atoms with Gasteiger partial charge in [-0.15, -0.1) is 0 Å². The summed E-state index contributed by atoms with van der Waals surface area (Å²) < 4.78 is 0. The van der Waals surface area contributed by atoms with E-state index in [9.17, 15) is 4.79 Å². The van der Waals surface area contributed by atoms with Gasteiger partial charge in [-0.3, -0.25) is 4.79 Å². The number of amides is 1. The topological polar surface area (TPSA) is 20.3 Å². The smallest absolute Gasteiger partial charge is 0.227 e. The van der Waals surface area contributed by atoms with Gasteiger partial charge in [-0.1, -0.05) is 31.5 Å². The van der Waals surface area contributed by atoms with Gasteiger partial charge >= 0.3 is 0 Å². The molecule has 0 bridgehead atoms. The van der Waals surface area contributed by atoms with Crippen molar-refractivity contribution in [3.63, 3.8) is 0 Å². The summed E-state index contributed by atoms with van der Waals surface area (Å²) in [5, 5.41) is 0. The lowest BCUT2D eigenvalue weighted by Gasteiger charge is -2.38. The Morgan fingerprint density at radius 1 is 1.38 bits per heavy atom. The first-order chi connectivity index (χ1) is 7.45. The fraction of sp³-hybridized carbons (Fsp3) is 0.500. The zero-order valence-corrected chi connectivity index (χ0v) is 10.5. The Hall–Kier alpha value is -1.31. The summed E-state index contributed by atoms with van der Waals surface area (Å²) >= 11 is 0. The Labute approximate surface area is 97.3 Å². The van der Waals surface area contributed by atoms with Crippen LogP contribution < -0.4 is 4.90 Å². The van der Waals surface area contributed by atoms with Crippen LogP contribution in [0, 0.1) is 6.92 Å². The average Bonchev–Trinajstić information content (AvgIpc) is 2.19. The molecule has 0 saturated carbocycles. The molecule has 0 N–H and O–H groups in total. The molecule has 0 aliphatic carbocycles. The van der Waals surface area contributed by atoms with Crippen LogP contribution in [0.15, 0.2) is 18.2 Å². The van der Waals surface area contributed by atoms with E-state index in [1.54, 1.807) is 0 Å². The molecule has 16 heavy (non-hydrogen) atoms. The minimum Gasteiger partial charge on any atom is -0.312 e. The third-order valence-corrected chi connectivity index (χ3v) is 3.38. The average molecular weight is 217 g/mol. The van der Waals surface area contributed by atoms with E-state index in [1.807, 2.05) is 11.8 Å². The first-order valence-electron chi connectivity index (χ1n) is 5.87. The highest BCUT2D eigenvalue weighted by atomic mass is 16.2. The summed E-state index contributed by atoms with van der Waals surface area (Å²) in [7, 11) is 0. The number of anilines is 1. The first kappa shape index (κ1) is 11.2. The molecule has 1 aliphatic heterocycles. The highest BCUT2D eigenvalue weighted by molar-refractivity contribution is 5.97. The van der Waals surface area contributed by atoms with E-state index in [0.717, 1.165) is 12.2 Å². The van der Waals surface area contributed by atoms with Crippen molar-refractivity contribution in [3.8, 4) is 0 Å². The van der Waals surface area contributed by atoms with Crippen molar-refractivity contribution in [3.05, 3.63) is 29.3 Å². The predicted octanol–water partition coefficient (Wildman–Crippen LogP) is 3.03. The van der Waals surface area contributed by atoms with E-state index in [0.29, 0.717) is 6.42 Å². The lowest BCUT2D eigenvalue weighted by atomic mass is 9.77. The Balaban J connectivity index is 2.62. The van der Waals surface area contributed by atoms with Crippen molar-refractivity contribution in [1.82, 2.24) is 0 Å². The van der Waals surface area contributed by atoms with Crippen LogP contribution in [0.4, 0.5) is 5.69 Å². The van der Waals surface area contributed by atoms with E-state index in [4.69, 9.17) is 0 Å². The minimum absolute atomic E-state index is 0.0376. The molecule has 1 amide bonds. The van der Waals surface area contributed by atoms with Crippen molar-refractivity contribution in [2.24, 2.45) is 0 Å². The number of carbonyl (C=O) groups is 1. The molecule has 1 aromatic rings. The number of benzene rings is 1. The van der Waals surface area contributed by atoms with Gasteiger partial charge in [-0.25, -0.2) is 0 Å². The molecule has 1 aromatic carbocycles. The maximum Gasteiger partial charge on any atom is 0.227 e. The second-order valence-corrected chi connectivity index (χ2v) is 5.22. The lowest BCUT2D eigenvalue weighted by Crippen LogP contribution is -2.41. The minimum atomic E-state index is -0.0376. The van der Waals surface area contributed by atoms with E-state index in [2.05, 4.69) is 39.0 Å². The van der Waals surface area contributed by atoms with Crippen LogP contribution in [0.1, 0.15) is 38.3 Å². The molecule has 0 saturated heterocycles. The molecule has 86 valence electrons. The number of hydrogen-bond donors (Lipinski definition) is 0. The standard InChI is InChI=1S/C14H19NO/c1-5-15-12-7-6-10(2)8-11(12)14(3,4)9-13(15)16/h6-8H,5,9H2,1-4H3. The van der Waals surface area contributed by atoms with Crippen LogP contribution in [0.25, 0.3) is 0 Å². The fourth-order valence-electron chi connectivity index (χ4n) is 2.48. The molecule has 1 heterocycles. The summed E-state index contributed by atoms with van der Waals surface area (Å²) in [5.74, 6) is 0.240. The third kappa shape index (κ3) is 1.62. The summed E-state index contributed by atoms with van der Waals surface area (Å²) in [5.41, 5.74) is 3.62. The first-order valence-corrected chi connectivity index (χ1v) is 5.87. The molecule has 0 radical (unpaired) electrons. The Morgan fingerprint density at radius 2 is 2.06 bits per heavy atom. The number of hydrogen-bond acceptors (Lipinski definition) is 1. The summed E-state index contributed by atoms with van der Waals surface area (Å²) in [6.07, 6.45) is 0.608. The SMILES string of the molecule is CCN1C(=O)CC(C)(C)c2cc(C)ccc21. The zero-order valence-electron chi connectivity index (χ0n) is 10.5. The Morgan fingerprint density at radius 3 is 2.69 bits per heavy atom. The third-order valence-electron chi connectivity index (χ3n) is 3.38. The summed E-state index contributed by atoms with van der Waals surface area (Å²) in [6, 6.07) is 6.37. The van der Waals surface area contributed by atoms with E-state index >= 15 is 0 Å². The van der Waals surface area contributed by atoms with Crippen molar-refractivity contribution < 1.29 is 4.79 Å². The maximum atomic E-state index is 12.0. The van der Waals surface area contributed by atoms with Gasteiger partial charge in [-0.2, -0.15) is 0 Å². The van der Waals surface area contributed by atoms with Gasteiger partial charge in [0.1, 0.15) is 0 Å². The number of carbonyl (C=O) groups excluding carboxylic acids is 1. The molecular formula is C14H19NO. The van der Waals surface area contributed by atoms with Crippen LogP contribution in [0.5, 0.6) is 0 Å². The van der Waals surface area contributed by atoms with Crippen LogP contribution >= 0.6 is 0 Å². The van der Waals surface area contributed by atoms with Crippen LogP contribution in [-0.2, 0) is 10.2 Å². The molecule has 0 aromatic heterocycles. The molecule has 2 rings (SSSR count). The van der Waals surface area contributed by atoms with Crippen LogP contribution in [0.3, 0.4) is 0 Å². The maximum absolute atomic E-state index is 12.0. The van der Waals surface area contributed by atoms with Gasteiger partial charge in [0.2, 0.25) is 5.91 Å². The highest BCUT2D eigenvalue weighted by Crippen LogP contribution is 2.40. The molecule has 1 aliphatic rings. The molecule has 2 nitrogen and oxygen atoms in total. The van der Waals surface area contributed by atoms with Crippen molar-refractivity contribution in [1.29, 1.82) is 0 Å². The van der Waals surface area contributed by atoms with Gasteiger partial charge < -0.3 is 4.90 Å². The second kappa shape index (κ2) is 3.62. The number of fused-ring (bicyclic) bond motifs is 1. The van der Waals surface area contributed by atoms with Crippen LogP contribution in [0.2, 0.25) is 0 Å². The second-order valence-electron chi connectivity index (χ2n) is 5.22. The summed E-state index contributed by atoms with van der Waals surface area (Å²) in [4.78, 5) is 13.9. The largest absolute Gasteiger partial charge is 0.312 e. The monoisotopic (exact) mass is 217 g/mol. The van der Waals surface area contributed by atoms with Gasteiger partial charge in [0.05, 0.1) is 0 Å². The number of nitrogens with zero attached hydrogens (tertiary/aromatic N) is 1. The molecule has 0 unspecified atom stereocenters. The van der Waals surface area contributed by atoms with Crippen LogP contribution in [-0.4, -0.2) is 12.5 Å². The molecule has 2 heteroatoms. The fourth-order valence-corrected chi connectivity index (χ4v) is 2.48. The molecular weight excluding hydrogens is 198 g/mol. The normalized spacial score (nSPS) is 18.5. The van der Waals surface area contributed by atoms with E-state index in [-0.39, 0.29) is 11.3 Å². The van der Waals surface area contributed by atoms with E-state index < -0.39 is 0 Å². The van der Waals surface area contributed by atoms with Crippen molar-refractivity contribution in [2.75, 3.05) is 11.4 Å². The Bertz CT molecular complexity index is 434. The van der Waals surface area contributed by atoms with E-state index in [1.165, 1.54) is 11.1 Å². The summed E-state index contributed by atoms with van der Waals surface area (Å²) in [6.45, 7) is 9.18. The van der Waals surface area contributed by atoms with Gasteiger partial charge in [0, 0.05) is 24.1 Å². The zero-order chi connectivity index (χ0) is 11.9. The van der Waals surface area contributed by atoms with Gasteiger partial charge in [0.15, 0.2) is 0 Å². The quantitative estimate of drug-likeness (QED) is 0.708. The van der Waals surface area contributed by atoms with Gasteiger partial charge in [0.25, 0.3) is 0 Å². The molecule has 0 fully saturated rings. The molecule has 0 atom stereocenters. The van der Waals surface area contributed by atoms with Crippen molar-refractivity contribution >= 4 is 11.6 Å². The lowest BCUT2D eigenvalue weighted by molar-refractivity contribution is -0.120. The highest BCUT2D eigenvalue weighted by Gasteiger charge is 2.35. The Kier molecular flexibility index (Phi) is 2.53. The number of aryl methyl sites for hydroxylation is 1. The predicted molar refractivity (Wildman–Crippen MR) is 66.8 cm³/mol. The van der Waals surface area contributed by atoms with Crippen molar-refractivity contribution in [2.45, 2.75) is 39.5 Å². The van der Waals surface area contributed by atoms with Gasteiger partial charge in [-0.05, 0) is 25.5 Å².